The van der Waals surface area contributed by atoms with Gasteiger partial charge in [0.15, 0.2) is 0 Å². The highest BCUT2D eigenvalue weighted by Crippen LogP contribution is 2.21. The van der Waals surface area contributed by atoms with E-state index in [4.69, 9.17) is 5.11 Å². The predicted octanol–water partition coefficient (Wildman–Crippen LogP) is 3.18. The van der Waals surface area contributed by atoms with Crippen LogP contribution in [0.1, 0.15) is 43.7 Å². The number of halogens is 1. The zero-order valence-electron chi connectivity index (χ0n) is 12.7. The van der Waals surface area contributed by atoms with Gasteiger partial charge in [0.05, 0.1) is 12.2 Å². The average molecular weight is 289 g/mol. The zero-order valence-corrected chi connectivity index (χ0v) is 12.7. The first-order valence-electron chi connectivity index (χ1n) is 7.83. The summed E-state index contributed by atoms with van der Waals surface area (Å²) in [6.07, 6.45) is 4.19. The number of nitrogens with zero attached hydrogens (tertiary/aromatic N) is 1. The van der Waals surface area contributed by atoms with Crippen molar-refractivity contribution >= 4 is 0 Å². The highest BCUT2D eigenvalue weighted by molar-refractivity contribution is 5.38. The van der Waals surface area contributed by atoms with Gasteiger partial charge in [0.25, 0.3) is 0 Å². The Hall–Kier alpha value is -1.37. The van der Waals surface area contributed by atoms with E-state index in [1.807, 2.05) is 12.1 Å². The van der Waals surface area contributed by atoms with Crippen LogP contribution in [0.3, 0.4) is 0 Å². The lowest BCUT2D eigenvalue weighted by atomic mass is 9.94. The summed E-state index contributed by atoms with van der Waals surface area (Å²) in [5.74, 6) is 6.17. The monoisotopic (exact) mass is 289 g/mol. The summed E-state index contributed by atoms with van der Waals surface area (Å²) in [5.41, 5.74) is 1.55. The lowest BCUT2D eigenvalue weighted by Gasteiger charge is -2.31. The Balaban J connectivity index is 1.98. The molecule has 1 aromatic rings. The van der Waals surface area contributed by atoms with E-state index in [9.17, 15) is 4.39 Å². The Bertz CT molecular complexity index is 510. The van der Waals surface area contributed by atoms with E-state index in [-0.39, 0.29) is 12.4 Å². The standard InChI is InChI=1S/C18H24FNO/c1-2-15-8-10-20(11-9-15)14-16-6-7-18(19)17(13-16)5-3-4-12-21/h6-7,13,15,21H,2,4,8-12,14H2,1H3. The topological polar surface area (TPSA) is 23.5 Å². The maximum atomic E-state index is 13.7. The van der Waals surface area contributed by atoms with Crippen LogP contribution in [0, 0.1) is 23.6 Å². The summed E-state index contributed by atoms with van der Waals surface area (Å²) < 4.78 is 13.7. The van der Waals surface area contributed by atoms with Crippen LogP contribution in [0.5, 0.6) is 0 Å². The van der Waals surface area contributed by atoms with E-state index < -0.39 is 0 Å². The first-order chi connectivity index (χ1) is 10.2. The van der Waals surface area contributed by atoms with Gasteiger partial charge in [-0.3, -0.25) is 4.90 Å². The van der Waals surface area contributed by atoms with E-state index in [0.717, 1.165) is 31.1 Å². The molecule has 1 heterocycles. The van der Waals surface area contributed by atoms with Crippen LogP contribution < -0.4 is 0 Å². The van der Waals surface area contributed by atoms with E-state index in [2.05, 4.69) is 23.7 Å². The number of aliphatic hydroxyl groups excluding tert-OH is 1. The van der Waals surface area contributed by atoms with Crippen LogP contribution in [-0.2, 0) is 6.54 Å². The summed E-state index contributed by atoms with van der Waals surface area (Å²) >= 11 is 0. The Morgan fingerprint density at radius 1 is 1.33 bits per heavy atom. The summed E-state index contributed by atoms with van der Waals surface area (Å²) in [5, 5.41) is 8.72. The first kappa shape index (κ1) is 16.0. The van der Waals surface area contributed by atoms with Gasteiger partial charge < -0.3 is 5.11 Å². The molecule has 1 aliphatic heterocycles. The normalized spacial score (nSPS) is 16.5. The molecule has 0 aromatic heterocycles. The molecule has 1 fully saturated rings. The molecule has 1 aliphatic rings. The second-order valence-electron chi connectivity index (χ2n) is 5.72. The van der Waals surface area contributed by atoms with Gasteiger partial charge in [0.1, 0.15) is 5.82 Å². The van der Waals surface area contributed by atoms with Crippen molar-refractivity contribution in [1.29, 1.82) is 0 Å². The molecule has 0 bridgehead atoms. The van der Waals surface area contributed by atoms with Crippen molar-refractivity contribution < 1.29 is 9.50 Å². The molecule has 1 N–H and O–H groups in total. The molecule has 0 amide bonds. The van der Waals surface area contributed by atoms with Crippen molar-refractivity contribution in [2.45, 2.75) is 39.2 Å². The first-order valence-corrected chi connectivity index (χ1v) is 7.83. The van der Waals surface area contributed by atoms with Crippen molar-refractivity contribution in [3.05, 3.63) is 35.1 Å². The van der Waals surface area contributed by atoms with Crippen LogP contribution in [-0.4, -0.2) is 29.7 Å². The van der Waals surface area contributed by atoms with Gasteiger partial charge in [-0.2, -0.15) is 0 Å². The quantitative estimate of drug-likeness (QED) is 0.861. The summed E-state index contributed by atoms with van der Waals surface area (Å²) in [7, 11) is 0. The molecule has 114 valence electrons. The highest BCUT2D eigenvalue weighted by atomic mass is 19.1. The van der Waals surface area contributed by atoms with Crippen LogP contribution in [0.25, 0.3) is 0 Å². The molecule has 2 nitrogen and oxygen atoms in total. The second kappa shape index (κ2) is 8.17. The number of hydrogen-bond acceptors (Lipinski definition) is 2. The van der Waals surface area contributed by atoms with Gasteiger partial charge in [0.2, 0.25) is 0 Å². The minimum atomic E-state index is -0.283. The third-order valence-electron chi connectivity index (χ3n) is 4.18. The van der Waals surface area contributed by atoms with Crippen LogP contribution >= 0.6 is 0 Å². The maximum Gasteiger partial charge on any atom is 0.138 e. The Labute approximate surface area is 127 Å². The molecule has 0 radical (unpaired) electrons. The van der Waals surface area contributed by atoms with Crippen molar-refractivity contribution in [1.82, 2.24) is 4.90 Å². The maximum absolute atomic E-state index is 13.7. The second-order valence-corrected chi connectivity index (χ2v) is 5.72. The van der Waals surface area contributed by atoms with Crippen LogP contribution in [0.2, 0.25) is 0 Å². The fraction of sp³-hybridized carbons (Fsp3) is 0.556. The lowest BCUT2D eigenvalue weighted by Crippen LogP contribution is -2.33. The lowest BCUT2D eigenvalue weighted by molar-refractivity contribution is 0.175. The van der Waals surface area contributed by atoms with E-state index in [1.165, 1.54) is 25.3 Å². The molecule has 1 aromatic carbocycles. The van der Waals surface area contributed by atoms with Crippen molar-refractivity contribution in [2.24, 2.45) is 5.92 Å². The zero-order chi connectivity index (χ0) is 15.1. The summed E-state index contributed by atoms with van der Waals surface area (Å²) in [4.78, 5) is 2.43. The Morgan fingerprint density at radius 3 is 2.76 bits per heavy atom. The molecule has 0 saturated carbocycles. The number of rotatable bonds is 4. The molecular weight excluding hydrogens is 265 g/mol. The predicted molar refractivity (Wildman–Crippen MR) is 83.3 cm³/mol. The van der Waals surface area contributed by atoms with Crippen molar-refractivity contribution in [2.75, 3.05) is 19.7 Å². The number of likely N-dealkylation sites (tertiary alicyclic amines) is 1. The molecule has 0 spiro atoms. The van der Waals surface area contributed by atoms with Gasteiger partial charge in [-0.25, -0.2) is 4.39 Å². The van der Waals surface area contributed by atoms with E-state index in [1.54, 1.807) is 0 Å². The number of piperidine rings is 1. The van der Waals surface area contributed by atoms with E-state index >= 15 is 0 Å². The summed E-state index contributed by atoms with van der Waals surface area (Å²) in [6, 6.07) is 5.18. The average Bonchev–Trinajstić information content (AvgIpc) is 2.51. The fourth-order valence-electron chi connectivity index (χ4n) is 2.79. The highest BCUT2D eigenvalue weighted by Gasteiger charge is 2.17. The molecule has 1 saturated heterocycles. The minimum absolute atomic E-state index is 0.0146. The van der Waals surface area contributed by atoms with Gasteiger partial charge in [-0.05, 0) is 49.5 Å². The van der Waals surface area contributed by atoms with Gasteiger partial charge in [0, 0.05) is 13.0 Å². The van der Waals surface area contributed by atoms with Crippen molar-refractivity contribution in [3.8, 4) is 11.8 Å². The molecule has 3 heteroatoms. The number of hydrogen-bond donors (Lipinski definition) is 1. The number of aliphatic hydroxyl groups is 1. The Morgan fingerprint density at radius 2 is 2.10 bits per heavy atom. The van der Waals surface area contributed by atoms with E-state index in [0.29, 0.717) is 12.0 Å². The minimum Gasteiger partial charge on any atom is -0.395 e. The van der Waals surface area contributed by atoms with Gasteiger partial charge in [-0.1, -0.05) is 31.3 Å². The van der Waals surface area contributed by atoms with Crippen molar-refractivity contribution in [3.63, 3.8) is 0 Å². The SMILES string of the molecule is CCC1CCN(Cc2ccc(F)c(C#CCCO)c2)CC1. The molecular formula is C18H24FNO. The molecule has 0 unspecified atom stereocenters. The Kier molecular flexibility index (Phi) is 6.22. The molecule has 21 heavy (non-hydrogen) atoms. The smallest absolute Gasteiger partial charge is 0.138 e. The molecule has 2 rings (SSSR count). The van der Waals surface area contributed by atoms with Crippen LogP contribution in [0.15, 0.2) is 18.2 Å². The molecule has 0 aliphatic carbocycles. The fourth-order valence-corrected chi connectivity index (χ4v) is 2.79. The third-order valence-corrected chi connectivity index (χ3v) is 4.18. The largest absolute Gasteiger partial charge is 0.395 e. The van der Waals surface area contributed by atoms with Crippen LogP contribution in [0.4, 0.5) is 4.39 Å². The van der Waals surface area contributed by atoms with Gasteiger partial charge in [-0.15, -0.1) is 0 Å². The number of benzene rings is 1. The third kappa shape index (κ3) is 4.84. The molecule has 0 atom stereocenters. The summed E-state index contributed by atoms with van der Waals surface area (Å²) in [6.45, 7) is 5.40. The van der Waals surface area contributed by atoms with Gasteiger partial charge >= 0.3 is 0 Å².